The van der Waals surface area contributed by atoms with Crippen LogP contribution in [0.1, 0.15) is 52.9 Å². The Morgan fingerprint density at radius 3 is 2.58 bits per heavy atom. The Hall–Kier alpha value is -1.83. The van der Waals surface area contributed by atoms with E-state index in [1.165, 1.54) is 4.90 Å². The number of carboxylic acid groups (broad SMARTS) is 1. The van der Waals surface area contributed by atoms with E-state index in [0.717, 1.165) is 0 Å². The van der Waals surface area contributed by atoms with Crippen molar-refractivity contribution in [1.29, 1.82) is 0 Å². The monoisotopic (exact) mass is 343 g/mol. The van der Waals surface area contributed by atoms with Crippen molar-refractivity contribution in [1.82, 2.24) is 10.2 Å². The van der Waals surface area contributed by atoms with Crippen molar-refractivity contribution in [2.75, 3.05) is 13.1 Å². The Morgan fingerprint density at radius 1 is 1.33 bits per heavy atom. The summed E-state index contributed by atoms with van der Waals surface area (Å²) >= 11 is 0. The number of amides is 2. The number of carbonyl (C=O) groups excluding carboxylic acids is 2. The first-order valence-corrected chi connectivity index (χ1v) is 8.37. The number of alkyl carbamates (subject to hydrolysis) is 1. The summed E-state index contributed by atoms with van der Waals surface area (Å²) in [7, 11) is 0. The predicted octanol–water partition coefficient (Wildman–Crippen LogP) is 1.08. The lowest BCUT2D eigenvalue weighted by Crippen LogP contribution is -2.48. The first-order valence-electron chi connectivity index (χ1n) is 8.37. The number of likely N-dealkylation sites (tertiary alicyclic amines) is 1. The van der Waals surface area contributed by atoms with E-state index in [1.807, 2.05) is 0 Å². The maximum Gasteiger partial charge on any atom is 0.407 e. The van der Waals surface area contributed by atoms with E-state index >= 15 is 0 Å². The zero-order valence-electron chi connectivity index (χ0n) is 14.7. The Balaban J connectivity index is 2.24. The molecule has 1 unspecified atom stereocenters. The fourth-order valence-corrected chi connectivity index (χ4v) is 2.62. The summed E-state index contributed by atoms with van der Waals surface area (Å²) in [6.07, 6.45) is 2.49. The van der Waals surface area contributed by atoms with Gasteiger partial charge in [-0.15, -0.1) is 0 Å². The summed E-state index contributed by atoms with van der Waals surface area (Å²) in [6.45, 7) is 6.26. The predicted molar refractivity (Wildman–Crippen MR) is 88.4 cm³/mol. The molecule has 0 radical (unpaired) electrons. The number of ether oxygens (including phenoxy) is 1. The number of unbranched alkanes of at least 4 members (excludes halogenated alkanes) is 1. The zero-order valence-corrected chi connectivity index (χ0v) is 14.7. The van der Waals surface area contributed by atoms with Crippen molar-refractivity contribution in [2.24, 2.45) is 5.73 Å². The topological polar surface area (TPSA) is 122 Å². The number of hydrogen-bond donors (Lipinski definition) is 3. The molecule has 8 heteroatoms. The average molecular weight is 343 g/mol. The minimum absolute atomic E-state index is 0.306. The number of nitrogens with two attached hydrogens (primary N) is 1. The zero-order chi connectivity index (χ0) is 18.3. The van der Waals surface area contributed by atoms with E-state index in [2.05, 4.69) is 5.32 Å². The van der Waals surface area contributed by atoms with Gasteiger partial charge in [-0.3, -0.25) is 4.79 Å². The molecule has 0 saturated carbocycles. The summed E-state index contributed by atoms with van der Waals surface area (Å²) in [5, 5.41) is 11.8. The van der Waals surface area contributed by atoms with E-state index in [1.54, 1.807) is 20.8 Å². The first-order chi connectivity index (χ1) is 11.1. The van der Waals surface area contributed by atoms with Gasteiger partial charge in [0.1, 0.15) is 11.6 Å². The highest BCUT2D eigenvalue weighted by atomic mass is 16.6. The minimum Gasteiger partial charge on any atom is -0.480 e. The van der Waals surface area contributed by atoms with Crippen molar-refractivity contribution < 1.29 is 24.2 Å². The molecule has 138 valence electrons. The molecule has 1 aliphatic heterocycles. The third kappa shape index (κ3) is 6.74. The van der Waals surface area contributed by atoms with Gasteiger partial charge in [0.15, 0.2) is 0 Å². The van der Waals surface area contributed by atoms with Crippen LogP contribution in [0.5, 0.6) is 0 Å². The summed E-state index contributed by atoms with van der Waals surface area (Å²) in [5.41, 5.74) is 5.36. The molecular weight excluding hydrogens is 314 g/mol. The second kappa shape index (κ2) is 8.86. The van der Waals surface area contributed by atoms with Crippen LogP contribution in [0.3, 0.4) is 0 Å². The average Bonchev–Trinajstić information content (AvgIpc) is 2.93. The SMILES string of the molecule is CC(C)(C)OC(=O)NCCCC[C@H](N)C(=O)N1CCCC1C(=O)O. The summed E-state index contributed by atoms with van der Waals surface area (Å²) in [4.78, 5) is 36.2. The normalized spacial score (nSPS) is 19.0. The molecule has 1 heterocycles. The molecule has 4 N–H and O–H groups in total. The lowest BCUT2D eigenvalue weighted by Gasteiger charge is -2.24. The number of nitrogens with zero attached hydrogens (tertiary/aromatic N) is 1. The Bertz CT molecular complexity index is 461. The van der Waals surface area contributed by atoms with Gasteiger partial charge in [0.2, 0.25) is 5.91 Å². The van der Waals surface area contributed by atoms with Crippen LogP contribution < -0.4 is 11.1 Å². The molecule has 0 aromatic rings. The number of rotatable bonds is 7. The van der Waals surface area contributed by atoms with Gasteiger partial charge in [0, 0.05) is 13.1 Å². The number of hydrogen-bond acceptors (Lipinski definition) is 5. The maximum atomic E-state index is 12.2. The Labute approximate surface area is 142 Å². The minimum atomic E-state index is -0.977. The van der Waals surface area contributed by atoms with Crippen LogP contribution in [-0.4, -0.2) is 58.8 Å². The highest BCUT2D eigenvalue weighted by molar-refractivity contribution is 5.87. The summed E-state index contributed by atoms with van der Waals surface area (Å²) in [6, 6.07) is -1.45. The molecule has 2 atom stereocenters. The Kier molecular flexibility index (Phi) is 7.47. The van der Waals surface area contributed by atoms with Crippen LogP contribution in [0, 0.1) is 0 Å². The third-order valence-corrected chi connectivity index (χ3v) is 3.75. The van der Waals surface area contributed by atoms with Crippen molar-refractivity contribution in [3.8, 4) is 0 Å². The van der Waals surface area contributed by atoms with Crippen molar-refractivity contribution in [3.05, 3.63) is 0 Å². The standard InChI is InChI=1S/C16H29N3O5/c1-16(2,3)24-15(23)18-9-5-4-7-11(17)13(20)19-10-6-8-12(19)14(21)22/h11-12H,4-10,17H2,1-3H3,(H,18,23)(H,21,22)/t11-,12?/m0/s1. The third-order valence-electron chi connectivity index (χ3n) is 3.75. The van der Waals surface area contributed by atoms with Gasteiger partial charge in [-0.25, -0.2) is 9.59 Å². The van der Waals surface area contributed by atoms with Crippen molar-refractivity contribution in [3.63, 3.8) is 0 Å². The fourth-order valence-electron chi connectivity index (χ4n) is 2.62. The van der Waals surface area contributed by atoms with E-state index in [9.17, 15) is 14.4 Å². The molecule has 1 fully saturated rings. The van der Waals surface area contributed by atoms with Crippen LogP contribution in [0.2, 0.25) is 0 Å². The fraction of sp³-hybridized carbons (Fsp3) is 0.812. The summed E-state index contributed by atoms with van der Waals surface area (Å²) < 4.78 is 5.11. The maximum absolute atomic E-state index is 12.2. The second-order valence-electron chi connectivity index (χ2n) is 7.06. The molecule has 0 bridgehead atoms. The molecule has 0 aromatic heterocycles. The first kappa shape index (κ1) is 20.2. The van der Waals surface area contributed by atoms with Crippen molar-refractivity contribution >= 4 is 18.0 Å². The van der Waals surface area contributed by atoms with Gasteiger partial charge in [0.05, 0.1) is 6.04 Å². The highest BCUT2D eigenvalue weighted by Gasteiger charge is 2.35. The van der Waals surface area contributed by atoms with Crippen LogP contribution in [0.25, 0.3) is 0 Å². The van der Waals surface area contributed by atoms with Gasteiger partial charge in [-0.05, 0) is 52.9 Å². The number of nitrogens with one attached hydrogen (secondary N) is 1. The molecular formula is C16H29N3O5. The molecule has 0 aromatic carbocycles. The number of carboxylic acids is 1. The van der Waals surface area contributed by atoms with Gasteiger partial charge < -0.3 is 25.8 Å². The molecule has 1 saturated heterocycles. The molecule has 8 nitrogen and oxygen atoms in total. The summed E-state index contributed by atoms with van der Waals surface area (Å²) in [5.74, 6) is -1.28. The van der Waals surface area contributed by atoms with Gasteiger partial charge >= 0.3 is 12.1 Å². The van der Waals surface area contributed by atoms with Gasteiger partial charge in [0.25, 0.3) is 0 Å². The largest absolute Gasteiger partial charge is 0.480 e. The smallest absolute Gasteiger partial charge is 0.407 e. The highest BCUT2D eigenvalue weighted by Crippen LogP contribution is 2.19. The molecule has 0 aliphatic carbocycles. The van der Waals surface area contributed by atoms with Gasteiger partial charge in [-0.1, -0.05) is 0 Å². The van der Waals surface area contributed by atoms with Crippen LogP contribution in [-0.2, 0) is 14.3 Å². The van der Waals surface area contributed by atoms with Crippen LogP contribution in [0.4, 0.5) is 4.79 Å². The van der Waals surface area contributed by atoms with Crippen LogP contribution >= 0.6 is 0 Å². The van der Waals surface area contributed by atoms with E-state index in [4.69, 9.17) is 15.6 Å². The number of aliphatic carboxylic acids is 1. The second-order valence-corrected chi connectivity index (χ2v) is 7.06. The molecule has 24 heavy (non-hydrogen) atoms. The van der Waals surface area contributed by atoms with E-state index in [0.29, 0.717) is 45.2 Å². The number of carbonyl (C=O) groups is 3. The van der Waals surface area contributed by atoms with Gasteiger partial charge in [-0.2, -0.15) is 0 Å². The molecule has 1 rings (SSSR count). The Morgan fingerprint density at radius 2 is 2.00 bits per heavy atom. The quantitative estimate of drug-likeness (QED) is 0.595. The van der Waals surface area contributed by atoms with E-state index < -0.39 is 29.7 Å². The lowest BCUT2D eigenvalue weighted by atomic mass is 10.1. The lowest BCUT2D eigenvalue weighted by molar-refractivity contribution is -0.148. The van der Waals surface area contributed by atoms with E-state index in [-0.39, 0.29) is 5.91 Å². The van der Waals surface area contributed by atoms with Crippen LogP contribution in [0.15, 0.2) is 0 Å². The molecule has 0 spiro atoms. The van der Waals surface area contributed by atoms with Crippen molar-refractivity contribution in [2.45, 2.75) is 70.6 Å². The molecule has 1 aliphatic rings. The molecule has 2 amide bonds.